The Balaban J connectivity index is 2.01. The molecule has 1 aromatic rings. The summed E-state index contributed by atoms with van der Waals surface area (Å²) in [5.41, 5.74) is 0. The maximum Gasteiger partial charge on any atom is 0.192 e. The van der Waals surface area contributed by atoms with Gasteiger partial charge in [-0.3, -0.25) is 0 Å². The zero-order chi connectivity index (χ0) is 15.2. The highest BCUT2D eigenvalue weighted by molar-refractivity contribution is 5.80. The summed E-state index contributed by atoms with van der Waals surface area (Å²) in [5, 5.41) is 15.3. The second-order valence-corrected chi connectivity index (χ2v) is 5.97. The molecule has 1 aromatic heterocycles. The van der Waals surface area contributed by atoms with Gasteiger partial charge in [-0.05, 0) is 33.1 Å². The summed E-state index contributed by atoms with van der Waals surface area (Å²) in [6.07, 6.45) is 6.19. The van der Waals surface area contributed by atoms with Crippen molar-refractivity contribution in [1.29, 1.82) is 0 Å². The predicted octanol–water partition coefficient (Wildman–Crippen LogP) is 1.90. The van der Waals surface area contributed by atoms with Gasteiger partial charge in [-0.2, -0.15) is 0 Å². The first-order valence-corrected chi connectivity index (χ1v) is 8.02. The van der Waals surface area contributed by atoms with E-state index in [1.807, 2.05) is 18.5 Å². The van der Waals surface area contributed by atoms with E-state index in [1.54, 1.807) is 0 Å². The van der Waals surface area contributed by atoms with Gasteiger partial charge in [0.05, 0.1) is 0 Å². The van der Waals surface area contributed by atoms with E-state index in [0.717, 1.165) is 24.0 Å². The van der Waals surface area contributed by atoms with E-state index in [9.17, 15) is 0 Å². The van der Waals surface area contributed by atoms with Crippen molar-refractivity contribution in [2.45, 2.75) is 71.5 Å². The number of hydrogen-bond acceptors (Lipinski definition) is 3. The van der Waals surface area contributed by atoms with Crippen LogP contribution in [0.4, 0.5) is 0 Å². The van der Waals surface area contributed by atoms with Gasteiger partial charge in [-0.1, -0.05) is 19.8 Å². The average Bonchev–Trinajstić information content (AvgIpc) is 3.08. The minimum Gasteiger partial charge on any atom is -0.354 e. The molecule has 1 heterocycles. The quantitative estimate of drug-likeness (QED) is 0.642. The molecule has 2 rings (SSSR count). The van der Waals surface area contributed by atoms with Gasteiger partial charge in [0, 0.05) is 19.1 Å². The Morgan fingerprint density at radius 3 is 2.67 bits per heavy atom. The molecule has 0 aromatic carbocycles. The maximum atomic E-state index is 4.69. The van der Waals surface area contributed by atoms with Gasteiger partial charge < -0.3 is 15.2 Å². The van der Waals surface area contributed by atoms with Crippen molar-refractivity contribution in [2.75, 3.05) is 0 Å². The van der Waals surface area contributed by atoms with Crippen LogP contribution in [0.15, 0.2) is 4.99 Å². The van der Waals surface area contributed by atoms with Gasteiger partial charge in [0.2, 0.25) is 0 Å². The van der Waals surface area contributed by atoms with Crippen LogP contribution < -0.4 is 10.6 Å². The maximum absolute atomic E-state index is 4.69. The molecular weight excluding hydrogens is 264 g/mol. The molecule has 1 unspecified atom stereocenters. The highest BCUT2D eigenvalue weighted by Gasteiger charge is 2.17. The van der Waals surface area contributed by atoms with Crippen LogP contribution in [0.25, 0.3) is 0 Å². The third kappa shape index (κ3) is 4.44. The summed E-state index contributed by atoms with van der Waals surface area (Å²) >= 11 is 0. The number of guanidine groups is 1. The summed E-state index contributed by atoms with van der Waals surface area (Å²) in [6.45, 7) is 6.86. The van der Waals surface area contributed by atoms with Crippen LogP contribution in [-0.2, 0) is 13.6 Å². The molecule has 1 aliphatic rings. The smallest absolute Gasteiger partial charge is 0.192 e. The molecule has 0 spiro atoms. The van der Waals surface area contributed by atoms with E-state index < -0.39 is 0 Å². The lowest BCUT2D eigenvalue weighted by molar-refractivity contribution is 0.575. The number of nitrogens with one attached hydrogen (secondary N) is 2. The van der Waals surface area contributed by atoms with E-state index in [0.29, 0.717) is 18.6 Å². The van der Waals surface area contributed by atoms with Crippen molar-refractivity contribution in [3.8, 4) is 0 Å². The molecule has 1 fully saturated rings. The third-order valence-corrected chi connectivity index (χ3v) is 4.25. The number of nitrogens with zero attached hydrogens (tertiary/aromatic N) is 4. The predicted molar refractivity (Wildman–Crippen MR) is 85.2 cm³/mol. The van der Waals surface area contributed by atoms with Crippen LogP contribution >= 0.6 is 0 Å². The fourth-order valence-electron chi connectivity index (χ4n) is 2.47. The minimum atomic E-state index is 0.416. The van der Waals surface area contributed by atoms with Crippen LogP contribution in [0, 0.1) is 6.92 Å². The lowest BCUT2D eigenvalue weighted by atomic mass is 10.2. The van der Waals surface area contributed by atoms with Crippen LogP contribution in [0.1, 0.15) is 57.6 Å². The first kappa shape index (κ1) is 15.8. The summed E-state index contributed by atoms with van der Waals surface area (Å²) in [7, 11) is 1.98. The normalized spacial score (nSPS) is 18.0. The topological polar surface area (TPSA) is 67.1 Å². The second kappa shape index (κ2) is 7.43. The Bertz CT molecular complexity index is 473. The van der Waals surface area contributed by atoms with E-state index in [2.05, 4.69) is 34.7 Å². The fraction of sp³-hybridized carbons (Fsp3) is 0.800. The SMILES string of the molecule is CCC(C)NC(=NCc1nnc(C)n1C)NC1CCCC1. The Labute approximate surface area is 127 Å². The van der Waals surface area contributed by atoms with Crippen molar-refractivity contribution in [1.82, 2.24) is 25.4 Å². The van der Waals surface area contributed by atoms with Crippen molar-refractivity contribution in [3.05, 3.63) is 11.6 Å². The van der Waals surface area contributed by atoms with Crippen molar-refractivity contribution in [3.63, 3.8) is 0 Å². The summed E-state index contributed by atoms with van der Waals surface area (Å²) in [5.74, 6) is 2.71. The lowest BCUT2D eigenvalue weighted by Gasteiger charge is -2.20. The largest absolute Gasteiger partial charge is 0.354 e. The number of aliphatic imine (C=N–C) groups is 1. The Morgan fingerprint density at radius 1 is 1.38 bits per heavy atom. The van der Waals surface area contributed by atoms with Gasteiger partial charge in [-0.15, -0.1) is 10.2 Å². The molecule has 1 atom stereocenters. The molecule has 1 aliphatic carbocycles. The van der Waals surface area contributed by atoms with Crippen molar-refractivity contribution >= 4 is 5.96 Å². The molecule has 0 saturated heterocycles. The molecular formula is C15H28N6. The van der Waals surface area contributed by atoms with Crippen LogP contribution in [0.5, 0.6) is 0 Å². The van der Waals surface area contributed by atoms with Crippen molar-refractivity contribution in [2.24, 2.45) is 12.0 Å². The molecule has 0 radical (unpaired) electrons. The lowest BCUT2D eigenvalue weighted by Crippen LogP contribution is -2.45. The molecule has 2 N–H and O–H groups in total. The first-order valence-electron chi connectivity index (χ1n) is 8.02. The molecule has 1 saturated carbocycles. The molecule has 21 heavy (non-hydrogen) atoms. The first-order chi connectivity index (χ1) is 10.1. The van der Waals surface area contributed by atoms with Gasteiger partial charge in [-0.25, -0.2) is 4.99 Å². The molecule has 0 bridgehead atoms. The molecule has 0 aliphatic heterocycles. The van der Waals surface area contributed by atoms with E-state index in [1.165, 1.54) is 25.7 Å². The summed E-state index contributed by atoms with van der Waals surface area (Å²) in [4.78, 5) is 4.69. The monoisotopic (exact) mass is 292 g/mol. The van der Waals surface area contributed by atoms with Crippen LogP contribution in [-0.4, -0.2) is 32.8 Å². The standard InChI is InChI=1S/C15H28N6/c1-5-11(2)17-15(18-13-8-6-7-9-13)16-10-14-20-19-12(3)21(14)4/h11,13H,5-10H2,1-4H3,(H2,16,17,18). The van der Waals surface area contributed by atoms with Crippen molar-refractivity contribution < 1.29 is 0 Å². The number of aromatic nitrogens is 3. The molecule has 6 heteroatoms. The van der Waals surface area contributed by atoms with Gasteiger partial charge in [0.25, 0.3) is 0 Å². The number of aryl methyl sites for hydroxylation is 1. The van der Waals surface area contributed by atoms with Crippen LogP contribution in [0.2, 0.25) is 0 Å². The van der Waals surface area contributed by atoms with Gasteiger partial charge >= 0.3 is 0 Å². The zero-order valence-electron chi connectivity index (χ0n) is 13.7. The summed E-state index contributed by atoms with van der Waals surface area (Å²) < 4.78 is 1.99. The third-order valence-electron chi connectivity index (χ3n) is 4.25. The fourth-order valence-corrected chi connectivity index (χ4v) is 2.47. The number of hydrogen-bond donors (Lipinski definition) is 2. The highest BCUT2D eigenvalue weighted by Crippen LogP contribution is 2.17. The molecule has 118 valence electrons. The van der Waals surface area contributed by atoms with E-state index >= 15 is 0 Å². The van der Waals surface area contributed by atoms with Crippen LogP contribution in [0.3, 0.4) is 0 Å². The van der Waals surface area contributed by atoms with Gasteiger partial charge in [0.15, 0.2) is 11.8 Å². The number of rotatable bonds is 5. The molecule has 6 nitrogen and oxygen atoms in total. The zero-order valence-corrected chi connectivity index (χ0v) is 13.7. The minimum absolute atomic E-state index is 0.416. The Hall–Kier alpha value is -1.59. The second-order valence-electron chi connectivity index (χ2n) is 5.97. The molecule has 0 amide bonds. The van der Waals surface area contributed by atoms with Gasteiger partial charge in [0.1, 0.15) is 12.4 Å². The average molecular weight is 292 g/mol. The van der Waals surface area contributed by atoms with E-state index in [-0.39, 0.29) is 0 Å². The van der Waals surface area contributed by atoms with E-state index in [4.69, 9.17) is 4.99 Å². The highest BCUT2D eigenvalue weighted by atomic mass is 15.3. The Kier molecular flexibility index (Phi) is 5.59. The summed E-state index contributed by atoms with van der Waals surface area (Å²) in [6, 6.07) is 0.973. The Morgan fingerprint density at radius 2 is 2.10 bits per heavy atom.